The fraction of sp³-hybridized carbons (Fsp3) is 0.545. The van der Waals surface area contributed by atoms with E-state index in [0.29, 0.717) is 5.25 Å². The molecule has 0 amide bonds. The summed E-state index contributed by atoms with van der Waals surface area (Å²) in [5, 5.41) is 0.336. The largest absolute Gasteiger partial charge is 0.328 e. The van der Waals surface area contributed by atoms with Crippen molar-refractivity contribution in [1.82, 2.24) is 9.71 Å². The van der Waals surface area contributed by atoms with E-state index in [1.807, 2.05) is 6.26 Å². The number of aromatic amines is 1. The third-order valence-electron chi connectivity index (χ3n) is 3.13. The molecule has 1 saturated carbocycles. The van der Waals surface area contributed by atoms with Crippen LogP contribution in [0.5, 0.6) is 0 Å². The molecular weight excluding hydrogens is 272 g/mol. The van der Waals surface area contributed by atoms with Crippen molar-refractivity contribution in [3.8, 4) is 0 Å². The molecule has 2 N–H and O–H groups in total. The molecular formula is C11H16N2O3S2. The lowest BCUT2D eigenvalue weighted by Gasteiger charge is -2.18. The van der Waals surface area contributed by atoms with Crippen LogP contribution in [-0.2, 0) is 10.0 Å². The molecule has 1 fully saturated rings. The quantitative estimate of drug-likeness (QED) is 0.864. The first-order chi connectivity index (χ1) is 8.53. The summed E-state index contributed by atoms with van der Waals surface area (Å²) in [4.78, 5) is 13.4. The predicted molar refractivity (Wildman–Crippen MR) is 72.3 cm³/mol. The standard InChI is InChI=1S/C11H16N2O3S2/c1-17-10-4-2-3-9(10)13-18(15,16)8-5-6-11(14)12-7-8/h5-7,9-10,13H,2-4H2,1H3,(H,12,14). The van der Waals surface area contributed by atoms with Gasteiger partial charge in [-0.1, -0.05) is 6.42 Å². The molecule has 0 bridgehead atoms. The molecule has 1 aromatic rings. The van der Waals surface area contributed by atoms with Gasteiger partial charge in [0.15, 0.2) is 0 Å². The molecule has 7 heteroatoms. The van der Waals surface area contributed by atoms with Crippen LogP contribution < -0.4 is 10.3 Å². The number of pyridine rings is 1. The number of sulfonamides is 1. The first kappa shape index (κ1) is 13.6. The minimum atomic E-state index is -3.54. The second-order valence-electron chi connectivity index (χ2n) is 4.32. The van der Waals surface area contributed by atoms with Gasteiger partial charge in [-0.25, -0.2) is 13.1 Å². The fourth-order valence-electron chi connectivity index (χ4n) is 2.17. The Morgan fingerprint density at radius 3 is 2.78 bits per heavy atom. The molecule has 1 aromatic heterocycles. The van der Waals surface area contributed by atoms with Crippen LogP contribution in [0.2, 0.25) is 0 Å². The van der Waals surface area contributed by atoms with Crippen molar-refractivity contribution in [2.45, 2.75) is 35.4 Å². The highest BCUT2D eigenvalue weighted by molar-refractivity contribution is 7.99. The van der Waals surface area contributed by atoms with Crippen LogP contribution in [0.3, 0.4) is 0 Å². The maximum absolute atomic E-state index is 12.1. The summed E-state index contributed by atoms with van der Waals surface area (Å²) in [5.41, 5.74) is -0.309. The average molecular weight is 288 g/mol. The predicted octanol–water partition coefficient (Wildman–Crippen LogP) is 0.937. The molecule has 0 spiro atoms. The molecule has 0 saturated heterocycles. The van der Waals surface area contributed by atoms with Gasteiger partial charge in [0.2, 0.25) is 15.6 Å². The molecule has 0 aliphatic heterocycles. The number of aromatic nitrogens is 1. The van der Waals surface area contributed by atoms with Crippen molar-refractivity contribution in [1.29, 1.82) is 0 Å². The van der Waals surface area contributed by atoms with Crippen molar-refractivity contribution < 1.29 is 8.42 Å². The van der Waals surface area contributed by atoms with Crippen LogP contribution in [0.4, 0.5) is 0 Å². The minimum absolute atomic E-state index is 0.0167. The molecule has 5 nitrogen and oxygen atoms in total. The summed E-state index contributed by atoms with van der Waals surface area (Å²) in [7, 11) is -3.54. The summed E-state index contributed by atoms with van der Waals surface area (Å²) in [6, 6.07) is 2.52. The van der Waals surface area contributed by atoms with E-state index in [-0.39, 0.29) is 16.5 Å². The Bertz CT molecular complexity index is 547. The maximum atomic E-state index is 12.1. The second-order valence-corrected chi connectivity index (χ2v) is 7.11. The number of nitrogens with one attached hydrogen (secondary N) is 2. The van der Waals surface area contributed by atoms with E-state index in [9.17, 15) is 13.2 Å². The van der Waals surface area contributed by atoms with Crippen molar-refractivity contribution in [3.05, 3.63) is 28.7 Å². The number of hydrogen-bond acceptors (Lipinski definition) is 4. The van der Waals surface area contributed by atoms with Gasteiger partial charge in [0.05, 0.1) is 4.90 Å². The molecule has 2 atom stereocenters. The lowest BCUT2D eigenvalue weighted by atomic mass is 10.3. The van der Waals surface area contributed by atoms with Gasteiger partial charge in [-0.2, -0.15) is 11.8 Å². The Labute approximate surface area is 110 Å². The molecule has 18 heavy (non-hydrogen) atoms. The van der Waals surface area contributed by atoms with Crippen LogP contribution >= 0.6 is 11.8 Å². The van der Waals surface area contributed by atoms with Gasteiger partial charge in [-0.15, -0.1) is 0 Å². The normalized spacial score (nSPS) is 24.3. The molecule has 100 valence electrons. The lowest BCUT2D eigenvalue weighted by molar-refractivity contribution is 0.555. The first-order valence-corrected chi connectivity index (χ1v) is 8.54. The number of hydrogen-bond donors (Lipinski definition) is 2. The van der Waals surface area contributed by atoms with Gasteiger partial charge in [-0.05, 0) is 25.2 Å². The SMILES string of the molecule is CSC1CCCC1NS(=O)(=O)c1ccc(=O)[nH]c1. The van der Waals surface area contributed by atoms with Crippen LogP contribution in [-0.4, -0.2) is 30.9 Å². The molecule has 0 aromatic carbocycles. The molecule has 1 heterocycles. The van der Waals surface area contributed by atoms with E-state index in [0.717, 1.165) is 19.3 Å². The van der Waals surface area contributed by atoms with Crippen LogP contribution in [0.15, 0.2) is 28.0 Å². The molecule has 1 aliphatic carbocycles. The topological polar surface area (TPSA) is 79.0 Å². The summed E-state index contributed by atoms with van der Waals surface area (Å²) in [6.07, 6.45) is 6.18. The van der Waals surface area contributed by atoms with Gasteiger partial charge in [0, 0.05) is 23.6 Å². The monoisotopic (exact) mass is 288 g/mol. The van der Waals surface area contributed by atoms with Gasteiger partial charge in [0.25, 0.3) is 0 Å². The van der Waals surface area contributed by atoms with E-state index in [1.165, 1.54) is 18.3 Å². The van der Waals surface area contributed by atoms with Gasteiger partial charge >= 0.3 is 0 Å². The van der Waals surface area contributed by atoms with E-state index < -0.39 is 10.0 Å². The first-order valence-electron chi connectivity index (χ1n) is 5.77. The zero-order chi connectivity index (χ0) is 13.2. The van der Waals surface area contributed by atoms with Gasteiger partial charge < -0.3 is 4.98 Å². The molecule has 0 radical (unpaired) electrons. The third kappa shape index (κ3) is 2.96. The Morgan fingerprint density at radius 2 is 2.17 bits per heavy atom. The third-order valence-corrected chi connectivity index (χ3v) is 5.79. The average Bonchev–Trinajstić information content (AvgIpc) is 2.76. The number of H-pyrrole nitrogens is 1. The smallest absolute Gasteiger partial charge is 0.247 e. The minimum Gasteiger partial charge on any atom is -0.328 e. The summed E-state index contributed by atoms with van der Waals surface area (Å²) in [5.74, 6) is 0. The van der Waals surface area contributed by atoms with Crippen molar-refractivity contribution in [2.75, 3.05) is 6.26 Å². The van der Waals surface area contributed by atoms with E-state index >= 15 is 0 Å². The Balaban J connectivity index is 2.17. The maximum Gasteiger partial charge on any atom is 0.247 e. The van der Waals surface area contributed by atoms with Crippen LogP contribution in [0.1, 0.15) is 19.3 Å². The highest BCUT2D eigenvalue weighted by Gasteiger charge is 2.30. The van der Waals surface area contributed by atoms with Crippen molar-refractivity contribution >= 4 is 21.8 Å². The fourth-order valence-corrected chi connectivity index (χ4v) is 4.47. The van der Waals surface area contributed by atoms with Crippen LogP contribution in [0, 0.1) is 0 Å². The van der Waals surface area contributed by atoms with Crippen molar-refractivity contribution in [3.63, 3.8) is 0 Å². The molecule has 2 unspecified atom stereocenters. The Kier molecular flexibility index (Phi) is 4.14. The Hall–Kier alpha value is -0.790. The lowest BCUT2D eigenvalue weighted by Crippen LogP contribution is -2.38. The van der Waals surface area contributed by atoms with Crippen LogP contribution in [0.25, 0.3) is 0 Å². The molecule has 1 aliphatic rings. The summed E-state index contributed by atoms with van der Waals surface area (Å²) in [6.45, 7) is 0. The van der Waals surface area contributed by atoms with E-state index in [1.54, 1.807) is 11.8 Å². The highest BCUT2D eigenvalue weighted by Crippen LogP contribution is 2.29. The van der Waals surface area contributed by atoms with Crippen molar-refractivity contribution in [2.24, 2.45) is 0 Å². The Morgan fingerprint density at radius 1 is 1.39 bits per heavy atom. The number of rotatable bonds is 4. The van der Waals surface area contributed by atoms with Gasteiger partial charge in [-0.3, -0.25) is 4.79 Å². The van der Waals surface area contributed by atoms with Gasteiger partial charge in [0.1, 0.15) is 0 Å². The zero-order valence-electron chi connectivity index (χ0n) is 10.0. The highest BCUT2D eigenvalue weighted by atomic mass is 32.2. The molecule has 2 rings (SSSR count). The summed E-state index contributed by atoms with van der Waals surface area (Å²) < 4.78 is 27.0. The van der Waals surface area contributed by atoms with E-state index in [4.69, 9.17) is 0 Å². The summed E-state index contributed by atoms with van der Waals surface area (Å²) >= 11 is 1.69. The van der Waals surface area contributed by atoms with E-state index in [2.05, 4.69) is 9.71 Å². The second kappa shape index (κ2) is 5.46. The zero-order valence-corrected chi connectivity index (χ0v) is 11.7. The number of thioether (sulfide) groups is 1.